The van der Waals surface area contributed by atoms with Crippen molar-refractivity contribution in [1.29, 1.82) is 0 Å². The van der Waals surface area contributed by atoms with Crippen molar-refractivity contribution in [2.24, 2.45) is 17.8 Å². The molecule has 2 heteroatoms. The van der Waals surface area contributed by atoms with Gasteiger partial charge in [0, 0.05) is 11.5 Å². The lowest BCUT2D eigenvalue weighted by atomic mass is 9.63. The van der Waals surface area contributed by atoms with Crippen LogP contribution in [-0.2, 0) is 0 Å². The molecule has 2 fully saturated rings. The van der Waals surface area contributed by atoms with E-state index in [0.717, 1.165) is 28.5 Å². The molecule has 2 aromatic rings. The minimum atomic E-state index is -0.189. The molecule has 144 valence electrons. The lowest BCUT2D eigenvalue weighted by molar-refractivity contribution is 0.116. The Morgan fingerprint density at radius 2 is 1.89 bits per heavy atom. The van der Waals surface area contributed by atoms with Crippen molar-refractivity contribution in [3.63, 3.8) is 0 Å². The van der Waals surface area contributed by atoms with Gasteiger partial charge in [-0.2, -0.15) is 0 Å². The van der Waals surface area contributed by atoms with E-state index in [1.54, 1.807) is 6.08 Å². The molecule has 4 atom stereocenters. The molecule has 0 amide bonds. The molecule has 0 saturated heterocycles. The Hall–Kier alpha value is -1.83. The second-order valence-electron chi connectivity index (χ2n) is 8.60. The molecular weight excluding hydrogens is 335 g/mol. The van der Waals surface area contributed by atoms with Gasteiger partial charge in [-0.15, -0.1) is 0 Å². The normalized spacial score (nSPS) is 27.9. The fourth-order valence-corrected chi connectivity index (χ4v) is 5.46. The summed E-state index contributed by atoms with van der Waals surface area (Å²) in [4.78, 5) is 0. The maximum absolute atomic E-state index is 14.7. The molecule has 0 heterocycles. The van der Waals surface area contributed by atoms with Crippen molar-refractivity contribution < 1.29 is 9.13 Å². The first-order valence-corrected chi connectivity index (χ1v) is 10.6. The Balaban J connectivity index is 1.52. The molecule has 0 radical (unpaired) electrons. The smallest absolute Gasteiger partial charge is 0.134 e. The fraction of sp³-hybridized carbons (Fsp3) is 0.520. The van der Waals surface area contributed by atoms with Gasteiger partial charge in [0.05, 0.1) is 0 Å². The number of hydrogen-bond donors (Lipinski definition) is 0. The Bertz CT molecular complexity index is 811. The monoisotopic (exact) mass is 366 g/mol. The van der Waals surface area contributed by atoms with Gasteiger partial charge in [-0.25, -0.2) is 4.39 Å². The van der Waals surface area contributed by atoms with Gasteiger partial charge in [-0.3, -0.25) is 0 Å². The Morgan fingerprint density at radius 3 is 2.70 bits per heavy atom. The summed E-state index contributed by atoms with van der Waals surface area (Å²) in [6, 6.07) is 9.79. The average molecular weight is 367 g/mol. The Morgan fingerprint density at radius 1 is 1.07 bits per heavy atom. The minimum absolute atomic E-state index is 0.189. The van der Waals surface area contributed by atoms with E-state index in [1.165, 1.54) is 56.6 Å². The molecule has 0 spiro atoms. The van der Waals surface area contributed by atoms with Crippen molar-refractivity contribution in [2.75, 3.05) is 6.61 Å². The fourth-order valence-electron chi connectivity index (χ4n) is 5.46. The van der Waals surface area contributed by atoms with Gasteiger partial charge in [0.2, 0.25) is 0 Å². The molecule has 2 aliphatic carbocycles. The number of fused-ring (bicyclic) bond motifs is 2. The first kappa shape index (κ1) is 18.5. The molecule has 0 N–H and O–H groups in total. The van der Waals surface area contributed by atoms with E-state index in [0.29, 0.717) is 18.3 Å². The van der Waals surface area contributed by atoms with Crippen LogP contribution in [0.3, 0.4) is 0 Å². The third kappa shape index (κ3) is 3.90. The van der Waals surface area contributed by atoms with Gasteiger partial charge in [0.15, 0.2) is 0 Å². The summed E-state index contributed by atoms with van der Waals surface area (Å²) < 4.78 is 20.2. The van der Waals surface area contributed by atoms with E-state index in [-0.39, 0.29) is 5.82 Å². The largest absolute Gasteiger partial charge is 0.489 e. The van der Waals surface area contributed by atoms with Crippen LogP contribution in [0.25, 0.3) is 10.8 Å². The molecule has 1 nitrogen and oxygen atoms in total. The van der Waals surface area contributed by atoms with Crippen molar-refractivity contribution in [2.45, 2.75) is 57.8 Å². The zero-order valence-electron chi connectivity index (χ0n) is 16.4. The summed E-state index contributed by atoms with van der Waals surface area (Å²) >= 11 is 0. The first-order valence-electron chi connectivity index (χ1n) is 10.6. The molecule has 2 unspecified atom stereocenters. The molecule has 2 saturated carbocycles. The van der Waals surface area contributed by atoms with E-state index >= 15 is 0 Å². The van der Waals surface area contributed by atoms with Crippen molar-refractivity contribution in [3.8, 4) is 5.75 Å². The summed E-state index contributed by atoms with van der Waals surface area (Å²) in [7, 11) is 0. The van der Waals surface area contributed by atoms with Crippen LogP contribution in [0.1, 0.15) is 63.4 Å². The first-order chi connectivity index (χ1) is 13.2. The topological polar surface area (TPSA) is 9.23 Å². The Labute approximate surface area is 162 Å². The van der Waals surface area contributed by atoms with Gasteiger partial charge in [0.25, 0.3) is 0 Å². The molecule has 4 rings (SSSR count). The van der Waals surface area contributed by atoms with Crippen LogP contribution in [0, 0.1) is 23.6 Å². The summed E-state index contributed by atoms with van der Waals surface area (Å²) in [6.07, 6.45) is 11.1. The van der Waals surface area contributed by atoms with Crippen LogP contribution >= 0.6 is 0 Å². The standard InChI is InChI=1S/C25H31FO/c1-3-11-27-23-14-22-10-9-21(15-24(22)25(26)16-23)20-8-7-18-12-17(4-2)5-6-19(18)13-20/h3,9-10,14-20H,1,4-8,11-13H2,2H3/t17?,18-,19?,20-/m1/s1. The molecule has 0 aromatic heterocycles. The van der Waals surface area contributed by atoms with E-state index in [4.69, 9.17) is 4.74 Å². The van der Waals surface area contributed by atoms with Crippen molar-refractivity contribution in [1.82, 2.24) is 0 Å². The van der Waals surface area contributed by atoms with Crippen LogP contribution in [0.4, 0.5) is 4.39 Å². The predicted molar refractivity (Wildman–Crippen MR) is 111 cm³/mol. The van der Waals surface area contributed by atoms with Crippen molar-refractivity contribution in [3.05, 3.63) is 54.4 Å². The highest BCUT2D eigenvalue weighted by Gasteiger charge is 2.35. The number of halogens is 1. The highest BCUT2D eigenvalue weighted by atomic mass is 19.1. The minimum Gasteiger partial charge on any atom is -0.489 e. The summed E-state index contributed by atoms with van der Waals surface area (Å²) in [6.45, 7) is 6.38. The molecule has 2 aliphatic rings. The second kappa shape index (κ2) is 8.04. The molecule has 2 aromatic carbocycles. The molecule has 0 aliphatic heterocycles. The van der Waals surface area contributed by atoms with Crippen LogP contribution < -0.4 is 4.74 Å². The highest BCUT2D eigenvalue weighted by molar-refractivity contribution is 5.85. The lowest BCUT2D eigenvalue weighted by Gasteiger charge is -2.42. The summed E-state index contributed by atoms with van der Waals surface area (Å²) in [5.74, 6) is 3.73. The molecule has 27 heavy (non-hydrogen) atoms. The van der Waals surface area contributed by atoms with Gasteiger partial charge >= 0.3 is 0 Å². The van der Waals surface area contributed by atoms with Crippen LogP contribution in [0.15, 0.2) is 43.0 Å². The maximum atomic E-state index is 14.7. The average Bonchev–Trinajstić information content (AvgIpc) is 2.71. The number of hydrogen-bond acceptors (Lipinski definition) is 1. The number of rotatable bonds is 5. The second-order valence-corrected chi connectivity index (χ2v) is 8.60. The van der Waals surface area contributed by atoms with Crippen LogP contribution in [0.5, 0.6) is 5.75 Å². The van der Waals surface area contributed by atoms with Gasteiger partial charge in [-0.05, 0) is 78.9 Å². The van der Waals surface area contributed by atoms with E-state index in [2.05, 4.69) is 31.7 Å². The van der Waals surface area contributed by atoms with E-state index < -0.39 is 0 Å². The maximum Gasteiger partial charge on any atom is 0.134 e. The SMILES string of the molecule is C=CCOc1cc(F)c2cc([C@@H]3CC[C@@H]4CC(CC)CCC4C3)ccc2c1. The van der Waals surface area contributed by atoms with Gasteiger partial charge in [0.1, 0.15) is 18.2 Å². The van der Waals surface area contributed by atoms with E-state index in [9.17, 15) is 4.39 Å². The molecule has 0 bridgehead atoms. The lowest BCUT2D eigenvalue weighted by Crippen LogP contribution is -2.30. The third-order valence-corrected chi connectivity index (χ3v) is 7.04. The number of ether oxygens (including phenoxy) is 1. The van der Waals surface area contributed by atoms with Gasteiger partial charge in [-0.1, -0.05) is 44.6 Å². The summed E-state index contributed by atoms with van der Waals surface area (Å²) in [5, 5.41) is 1.63. The summed E-state index contributed by atoms with van der Waals surface area (Å²) in [5.41, 5.74) is 1.32. The molecular formula is C25H31FO. The van der Waals surface area contributed by atoms with Crippen molar-refractivity contribution >= 4 is 10.8 Å². The quantitative estimate of drug-likeness (QED) is 0.506. The zero-order valence-corrected chi connectivity index (χ0v) is 16.4. The van der Waals surface area contributed by atoms with Crippen LogP contribution in [0.2, 0.25) is 0 Å². The predicted octanol–water partition coefficient (Wildman–Crippen LogP) is 7.25. The zero-order chi connectivity index (χ0) is 18.8. The van der Waals surface area contributed by atoms with Gasteiger partial charge < -0.3 is 4.74 Å². The Kier molecular flexibility index (Phi) is 5.52. The van der Waals surface area contributed by atoms with E-state index in [1.807, 2.05) is 6.07 Å². The number of benzene rings is 2. The van der Waals surface area contributed by atoms with Crippen LogP contribution in [-0.4, -0.2) is 6.61 Å². The highest BCUT2D eigenvalue weighted by Crippen LogP contribution is 2.48. The third-order valence-electron chi connectivity index (χ3n) is 7.04.